The van der Waals surface area contributed by atoms with Gasteiger partial charge in [-0.2, -0.15) is 4.68 Å². The molecule has 0 radical (unpaired) electrons. The van der Waals surface area contributed by atoms with E-state index in [4.69, 9.17) is 0 Å². The number of carbonyl (C=O) groups excluding carboxylic acids is 1. The summed E-state index contributed by atoms with van der Waals surface area (Å²) in [5.74, 6) is -0.117. The van der Waals surface area contributed by atoms with E-state index in [1.54, 1.807) is 4.68 Å². The number of carboxylic acids is 1. The number of benzene rings is 1. The van der Waals surface area contributed by atoms with Crippen molar-refractivity contribution in [2.45, 2.75) is 5.75 Å². The first kappa shape index (κ1) is 11.6. The van der Waals surface area contributed by atoms with Crippen LogP contribution >= 0.6 is 11.8 Å². The molecule has 0 fully saturated rings. The molecule has 0 spiro atoms. The Labute approximate surface area is 102 Å². The summed E-state index contributed by atoms with van der Waals surface area (Å²) in [6, 6.07) is 9.43. The number of rotatable bonds is 5. The van der Waals surface area contributed by atoms with Crippen LogP contribution in [0.3, 0.4) is 0 Å². The predicted molar refractivity (Wildman–Crippen MR) is 60.3 cm³/mol. The summed E-state index contributed by atoms with van der Waals surface area (Å²) >= 11 is 1.20. The zero-order valence-corrected chi connectivity index (χ0v) is 9.63. The number of para-hydroxylation sites is 1. The lowest BCUT2D eigenvalue weighted by Gasteiger charge is -2.04. The third kappa shape index (κ3) is 3.04. The van der Waals surface area contributed by atoms with Gasteiger partial charge in [-0.3, -0.25) is 0 Å². The van der Waals surface area contributed by atoms with Crippen molar-refractivity contribution in [2.24, 2.45) is 0 Å². The second-order valence-electron chi connectivity index (χ2n) is 3.21. The summed E-state index contributed by atoms with van der Waals surface area (Å²) in [6.07, 6.45) is 0. The van der Waals surface area contributed by atoms with E-state index < -0.39 is 5.97 Å². The first-order chi connectivity index (χ1) is 8.27. The van der Waals surface area contributed by atoms with Crippen LogP contribution in [0.4, 0.5) is 0 Å². The molecule has 1 heterocycles. The summed E-state index contributed by atoms with van der Waals surface area (Å²) in [7, 11) is 0. The first-order valence-electron chi connectivity index (χ1n) is 4.87. The number of carbonyl (C=O) groups is 1. The fourth-order valence-electron chi connectivity index (χ4n) is 1.29. The average Bonchev–Trinajstić information content (AvgIpc) is 2.78. The largest absolute Gasteiger partial charge is 0.549 e. The SMILES string of the molecule is O=C([O-])CSCc1nnnn1-c1ccccc1. The minimum Gasteiger partial charge on any atom is -0.549 e. The molecule has 0 unspecified atom stereocenters. The lowest BCUT2D eigenvalue weighted by molar-refractivity contribution is -0.301. The Morgan fingerprint density at radius 2 is 2.12 bits per heavy atom. The molecule has 1 aromatic heterocycles. The Kier molecular flexibility index (Phi) is 3.71. The van der Waals surface area contributed by atoms with E-state index in [-0.39, 0.29) is 5.75 Å². The van der Waals surface area contributed by atoms with Crippen molar-refractivity contribution in [2.75, 3.05) is 5.75 Å². The maximum Gasteiger partial charge on any atom is 0.166 e. The van der Waals surface area contributed by atoms with Crippen LogP contribution in [0.25, 0.3) is 5.69 Å². The van der Waals surface area contributed by atoms with Gasteiger partial charge in [0.15, 0.2) is 5.82 Å². The van der Waals surface area contributed by atoms with E-state index in [1.807, 2.05) is 30.3 Å². The minimum absolute atomic E-state index is 0.0678. The molecule has 2 rings (SSSR count). The summed E-state index contributed by atoms with van der Waals surface area (Å²) in [6.45, 7) is 0. The molecule has 0 aliphatic heterocycles. The third-order valence-electron chi connectivity index (χ3n) is 1.99. The van der Waals surface area contributed by atoms with Gasteiger partial charge < -0.3 is 9.90 Å². The van der Waals surface area contributed by atoms with Crippen molar-refractivity contribution in [3.63, 3.8) is 0 Å². The molecule has 0 N–H and O–H groups in total. The molecule has 0 saturated carbocycles. The Morgan fingerprint density at radius 1 is 1.35 bits per heavy atom. The number of hydrogen-bond donors (Lipinski definition) is 0. The number of nitrogens with zero attached hydrogens (tertiary/aromatic N) is 4. The number of aromatic nitrogens is 4. The standard InChI is InChI=1S/C10H10N4O2S/c15-10(16)7-17-6-9-11-12-13-14(9)8-4-2-1-3-5-8/h1-5H,6-7H2,(H,15,16)/p-1. The molecule has 17 heavy (non-hydrogen) atoms. The van der Waals surface area contributed by atoms with Crippen LogP contribution in [0.15, 0.2) is 30.3 Å². The maximum atomic E-state index is 10.3. The maximum absolute atomic E-state index is 10.3. The highest BCUT2D eigenvalue weighted by Crippen LogP contribution is 2.12. The van der Waals surface area contributed by atoms with Crippen LogP contribution in [-0.2, 0) is 10.5 Å². The molecule has 2 aromatic rings. The highest BCUT2D eigenvalue weighted by Gasteiger charge is 2.07. The van der Waals surface area contributed by atoms with Gasteiger partial charge in [0.1, 0.15) is 0 Å². The van der Waals surface area contributed by atoms with Gasteiger partial charge in [-0.25, -0.2) is 0 Å². The second kappa shape index (κ2) is 5.44. The van der Waals surface area contributed by atoms with E-state index in [1.165, 1.54) is 11.8 Å². The van der Waals surface area contributed by atoms with E-state index in [0.717, 1.165) is 5.69 Å². The van der Waals surface area contributed by atoms with E-state index in [9.17, 15) is 9.90 Å². The van der Waals surface area contributed by atoms with Gasteiger partial charge in [-0.05, 0) is 22.6 Å². The summed E-state index contributed by atoms with van der Waals surface area (Å²) in [4.78, 5) is 10.3. The van der Waals surface area contributed by atoms with Crippen LogP contribution in [0.2, 0.25) is 0 Å². The highest BCUT2D eigenvalue weighted by molar-refractivity contribution is 7.99. The number of hydrogen-bond acceptors (Lipinski definition) is 6. The second-order valence-corrected chi connectivity index (χ2v) is 4.19. The van der Waals surface area contributed by atoms with Crippen molar-refractivity contribution in [1.82, 2.24) is 20.2 Å². The van der Waals surface area contributed by atoms with Gasteiger partial charge in [0.05, 0.1) is 17.4 Å². The van der Waals surface area contributed by atoms with Gasteiger partial charge >= 0.3 is 0 Å². The fourth-order valence-corrected chi connectivity index (χ4v) is 1.92. The van der Waals surface area contributed by atoms with Crippen molar-refractivity contribution >= 4 is 17.7 Å². The molecule has 0 amide bonds. The molecule has 0 aliphatic rings. The van der Waals surface area contributed by atoms with Gasteiger partial charge in [0, 0.05) is 5.75 Å². The molecule has 0 aliphatic carbocycles. The van der Waals surface area contributed by atoms with Crippen molar-refractivity contribution in [3.8, 4) is 5.69 Å². The van der Waals surface area contributed by atoms with Crippen LogP contribution < -0.4 is 5.11 Å². The highest BCUT2D eigenvalue weighted by atomic mass is 32.2. The van der Waals surface area contributed by atoms with Gasteiger partial charge in [-0.15, -0.1) is 16.9 Å². The quantitative estimate of drug-likeness (QED) is 0.720. The summed E-state index contributed by atoms with van der Waals surface area (Å²) in [5, 5.41) is 21.6. The van der Waals surface area contributed by atoms with Gasteiger partial charge in [0.2, 0.25) is 0 Å². The molecule has 88 valence electrons. The summed E-state index contributed by atoms with van der Waals surface area (Å²) < 4.78 is 1.59. The summed E-state index contributed by atoms with van der Waals surface area (Å²) in [5.41, 5.74) is 0.849. The zero-order chi connectivity index (χ0) is 12.1. The molecular weight excluding hydrogens is 240 g/mol. The Morgan fingerprint density at radius 3 is 2.82 bits per heavy atom. The molecule has 7 heteroatoms. The van der Waals surface area contributed by atoms with Crippen molar-refractivity contribution in [3.05, 3.63) is 36.2 Å². The normalized spacial score (nSPS) is 10.4. The number of thioether (sulfide) groups is 1. The Bertz CT molecular complexity index is 500. The molecule has 0 bridgehead atoms. The topological polar surface area (TPSA) is 83.7 Å². The fraction of sp³-hybridized carbons (Fsp3) is 0.200. The van der Waals surface area contributed by atoms with Crippen LogP contribution in [-0.4, -0.2) is 31.9 Å². The third-order valence-corrected chi connectivity index (χ3v) is 2.89. The van der Waals surface area contributed by atoms with Crippen LogP contribution in [0.1, 0.15) is 5.82 Å². The number of carboxylic acid groups (broad SMARTS) is 1. The molecule has 1 aromatic carbocycles. The predicted octanol–water partition coefficient (Wildman–Crippen LogP) is -0.355. The Hall–Kier alpha value is -1.89. The number of aliphatic carboxylic acids is 1. The first-order valence-corrected chi connectivity index (χ1v) is 6.03. The van der Waals surface area contributed by atoms with Crippen LogP contribution in [0.5, 0.6) is 0 Å². The van der Waals surface area contributed by atoms with Gasteiger partial charge in [0.25, 0.3) is 0 Å². The minimum atomic E-state index is -1.09. The Balaban J connectivity index is 2.10. The monoisotopic (exact) mass is 249 g/mol. The van der Waals surface area contributed by atoms with Crippen molar-refractivity contribution in [1.29, 1.82) is 0 Å². The number of tetrazole rings is 1. The van der Waals surface area contributed by atoms with Gasteiger partial charge in [-0.1, -0.05) is 18.2 Å². The van der Waals surface area contributed by atoms with E-state index >= 15 is 0 Å². The molecule has 0 atom stereocenters. The van der Waals surface area contributed by atoms with Crippen LogP contribution in [0, 0.1) is 0 Å². The molecule has 0 saturated heterocycles. The zero-order valence-electron chi connectivity index (χ0n) is 8.81. The molecule has 6 nitrogen and oxygen atoms in total. The smallest absolute Gasteiger partial charge is 0.166 e. The lowest BCUT2D eigenvalue weighted by atomic mass is 10.3. The van der Waals surface area contributed by atoms with E-state index in [0.29, 0.717) is 11.6 Å². The lowest BCUT2D eigenvalue weighted by Crippen LogP contribution is -2.24. The van der Waals surface area contributed by atoms with Crippen molar-refractivity contribution < 1.29 is 9.90 Å². The average molecular weight is 249 g/mol. The van der Waals surface area contributed by atoms with E-state index in [2.05, 4.69) is 15.5 Å². The molecular formula is C10H9N4O2S-.